The van der Waals surface area contributed by atoms with Crippen LogP contribution in [0.25, 0.3) is 6.08 Å². The maximum Gasteiger partial charge on any atom is 0.0591 e. The molecule has 0 fully saturated rings. The Morgan fingerprint density at radius 1 is 0.145 bits per heavy atom. The minimum Gasteiger partial charge on any atom is -0.122 e. The van der Waals surface area contributed by atoms with E-state index in [4.69, 9.17) is 81.2 Å². The average Bonchev–Trinajstić information content (AvgIpc) is 0.822. The van der Waals surface area contributed by atoms with Crippen molar-refractivity contribution in [3.05, 3.63) is 613 Å². The quantitative estimate of drug-likeness (QED) is 0.0333. The number of hydrogen-bond donors (Lipinski definition) is 0. The molecule has 17 aromatic carbocycles. The van der Waals surface area contributed by atoms with Crippen molar-refractivity contribution in [2.24, 2.45) is 0 Å². The van der Waals surface area contributed by atoms with Crippen LogP contribution >= 0.6 is 81.2 Å². The van der Waals surface area contributed by atoms with Crippen LogP contribution in [0.4, 0.5) is 0 Å². The number of alkyl halides is 7. The summed E-state index contributed by atoms with van der Waals surface area (Å²) in [5, 5.41) is -0.897. The lowest BCUT2D eigenvalue weighted by Crippen LogP contribution is -2.16. The highest BCUT2D eigenvalue weighted by Gasteiger charge is 2.33. The van der Waals surface area contributed by atoms with Gasteiger partial charge in [-0.1, -0.05) is 486 Å². The summed E-state index contributed by atoms with van der Waals surface area (Å²) in [5.74, 6) is 2.78. The summed E-state index contributed by atoms with van der Waals surface area (Å²) < 4.78 is 0. The van der Waals surface area contributed by atoms with Crippen LogP contribution in [0.2, 0.25) is 0 Å². The molecule has 734 valence electrons. The largest absolute Gasteiger partial charge is 0.122 e. The van der Waals surface area contributed by atoms with Gasteiger partial charge in [0.2, 0.25) is 0 Å². The van der Waals surface area contributed by atoms with Crippen LogP contribution in [0.3, 0.4) is 0 Å². The van der Waals surface area contributed by atoms with Gasteiger partial charge in [0, 0.05) is 11.8 Å². The van der Waals surface area contributed by atoms with Crippen molar-refractivity contribution in [2.75, 3.05) is 0 Å². The Hall–Kier alpha value is -11.5. The zero-order valence-electron chi connectivity index (χ0n) is 82.9. The molecule has 0 saturated carbocycles. The van der Waals surface area contributed by atoms with E-state index in [9.17, 15) is 0 Å². The monoisotopic (exact) mass is 2030 g/mol. The molecule has 7 heteroatoms. The Balaban J connectivity index is 0.670. The second kappa shape index (κ2) is 54.3. The lowest BCUT2D eigenvalue weighted by molar-refractivity contribution is 0.415. The first kappa shape index (κ1) is 105. The first-order valence-electron chi connectivity index (χ1n) is 52.3. The Kier molecular flexibility index (Phi) is 39.2. The molecule has 0 heterocycles. The zero-order valence-corrected chi connectivity index (χ0v) is 88.2. The van der Waals surface area contributed by atoms with Crippen LogP contribution in [-0.4, -0.2) is 0 Å². The predicted octanol–water partition coefficient (Wildman–Crippen LogP) is 40.3. The molecule has 0 aliphatic heterocycles. The van der Waals surface area contributed by atoms with Crippen molar-refractivity contribution >= 4 is 87.3 Å². The molecule has 16 atom stereocenters. The minimum atomic E-state index is -0.265. The number of benzene rings is 17. The molecule has 0 aromatic heterocycles. The van der Waals surface area contributed by atoms with E-state index >= 15 is 0 Å². The Morgan fingerprint density at radius 2 is 0.276 bits per heavy atom. The molecule has 0 nitrogen and oxygen atoms in total. The standard InChI is InChI=1S/C138H133Cl7/c1-2-99-53-55-100(56-54-99)81-123(107-33-13-3-14-34-107)86-129(115-71-59-102(60-72-115)84-126(89-133(117-77-67-106(98-140)68-78-117)96-137(144)121-51-31-12-32-52-121)113-69-57-101(58-70-113)83-125(114-75-65-105(97-139)66-76-114)88-130(111-41-21-7-22-42-111)93-135(142)119-47-27-10-28-48-119)90-128(110-39-19-6-20-40-110)91-131(112-43-23-8-24-44-112)94-138(145)122-79-63-104(64-80-122)82-124(108-35-15-4-16-36-108)87-132(95-136(143)120-49-29-11-30-50-120)116-73-61-103(62-74-116)85-127(109-37-17-5-18-38-109)92-134(141)118-45-25-9-26-46-118/h2-80,123-138H,1,81-98H2. The summed E-state index contributed by atoms with van der Waals surface area (Å²) in [6.45, 7) is 4.14. The average molecular weight is 2040 g/mol. The van der Waals surface area contributed by atoms with Gasteiger partial charge >= 0.3 is 0 Å². The third-order valence-corrected chi connectivity index (χ3v) is 33.4. The highest BCUT2D eigenvalue weighted by molar-refractivity contribution is 6.22. The highest BCUT2D eigenvalue weighted by Crippen LogP contribution is 2.50. The summed E-state index contributed by atoms with van der Waals surface area (Å²) >= 11 is 51.2. The van der Waals surface area contributed by atoms with Crippen molar-refractivity contribution in [3.63, 3.8) is 0 Å². The van der Waals surface area contributed by atoms with Crippen LogP contribution in [0, 0.1) is 0 Å². The molecule has 0 saturated heterocycles. The molecule has 17 aromatic rings. The minimum absolute atomic E-state index is 0.108. The summed E-state index contributed by atoms with van der Waals surface area (Å²) in [7, 11) is 0. The van der Waals surface area contributed by atoms with Crippen LogP contribution in [0.15, 0.2) is 480 Å². The number of rotatable bonds is 51. The Bertz CT molecular complexity index is 6610. The molecular weight excluding hydrogens is 1910 g/mol. The van der Waals surface area contributed by atoms with Gasteiger partial charge in [-0.15, -0.1) is 81.2 Å². The van der Waals surface area contributed by atoms with Crippen LogP contribution in [0.5, 0.6) is 0 Å². The normalized spacial score (nSPS) is 14.9. The maximum absolute atomic E-state index is 8.10. The van der Waals surface area contributed by atoms with Gasteiger partial charge in [0.25, 0.3) is 0 Å². The number of halogens is 7. The van der Waals surface area contributed by atoms with E-state index < -0.39 is 0 Å². The fourth-order valence-electron chi connectivity index (χ4n) is 22.5. The fourth-order valence-corrected chi connectivity index (χ4v) is 24.7. The topological polar surface area (TPSA) is 0 Å². The Morgan fingerprint density at radius 3 is 0.476 bits per heavy atom. The summed E-state index contributed by atoms with van der Waals surface area (Å²) in [6, 6.07) is 175. The van der Waals surface area contributed by atoms with Gasteiger partial charge in [-0.2, -0.15) is 0 Å². The summed E-state index contributed by atoms with van der Waals surface area (Å²) in [5.41, 5.74) is 30.0. The van der Waals surface area contributed by atoms with Crippen molar-refractivity contribution in [2.45, 2.75) is 206 Å². The molecule has 0 amide bonds. The third-order valence-electron chi connectivity index (χ3n) is 30.7. The molecule has 0 bridgehead atoms. The molecule has 17 rings (SSSR count). The van der Waals surface area contributed by atoms with Gasteiger partial charge in [-0.25, -0.2) is 0 Å². The molecule has 0 N–H and O–H groups in total. The van der Waals surface area contributed by atoms with Crippen molar-refractivity contribution in [1.82, 2.24) is 0 Å². The highest BCUT2D eigenvalue weighted by atomic mass is 35.5. The van der Waals surface area contributed by atoms with E-state index in [2.05, 4.69) is 480 Å². The summed E-state index contributed by atoms with van der Waals surface area (Å²) in [6.07, 6.45) is 15.7. The van der Waals surface area contributed by atoms with Crippen molar-refractivity contribution in [3.8, 4) is 0 Å². The predicted molar refractivity (Wildman–Crippen MR) is 621 cm³/mol. The lowest BCUT2D eigenvalue weighted by atomic mass is 9.73. The van der Waals surface area contributed by atoms with Gasteiger partial charge in [0.05, 0.1) is 26.9 Å². The smallest absolute Gasteiger partial charge is 0.0591 e. The molecule has 145 heavy (non-hydrogen) atoms. The number of hydrogen-bond acceptors (Lipinski definition) is 0. The molecule has 0 aliphatic rings. The van der Waals surface area contributed by atoms with Gasteiger partial charge in [-0.3, -0.25) is 0 Å². The zero-order chi connectivity index (χ0) is 99.7. The van der Waals surface area contributed by atoms with Crippen LogP contribution < -0.4 is 0 Å². The molecule has 16 unspecified atom stereocenters. The van der Waals surface area contributed by atoms with Crippen molar-refractivity contribution in [1.29, 1.82) is 0 Å². The first-order valence-corrected chi connectivity index (χ1v) is 55.5. The second-order valence-electron chi connectivity index (χ2n) is 40.4. The third kappa shape index (κ3) is 30.4. The Labute approximate surface area is 899 Å². The van der Waals surface area contributed by atoms with Crippen LogP contribution in [-0.2, 0) is 43.9 Å². The maximum atomic E-state index is 8.10. The van der Waals surface area contributed by atoms with Crippen LogP contribution in [0.1, 0.15) is 296 Å². The van der Waals surface area contributed by atoms with Crippen molar-refractivity contribution < 1.29 is 0 Å². The molecule has 0 radical (unpaired) electrons. The fraction of sp³-hybridized carbons (Fsp3) is 0.246. The van der Waals surface area contributed by atoms with E-state index in [1.54, 1.807) is 0 Å². The molecule has 0 spiro atoms. The van der Waals surface area contributed by atoms with E-state index in [-0.39, 0.29) is 92.0 Å². The van der Waals surface area contributed by atoms with Gasteiger partial charge in [0.15, 0.2) is 0 Å². The lowest BCUT2D eigenvalue weighted by Gasteiger charge is -2.32. The SMILES string of the molecule is C=Cc1ccc(CC(CC(CC(CC(CC(Cl)c2ccc(CC(CC(CC(Cl)c3ccccc3)c3ccc(CC(CC(Cl)c4ccccc4)c4ccccc4)cc3)c3ccccc3)cc2)c2ccccc2)c2ccccc2)c2ccc(CC(CC(CC(Cl)c3ccccc3)c3ccc(CCl)cc3)c3ccc(CC(CC(CC(Cl)c4ccccc4)c4ccccc4)c4ccc(CCl)cc4)cc3)cc2)c2ccccc2)cc1. The van der Waals surface area contributed by atoms with E-state index in [0.717, 1.165) is 147 Å². The van der Waals surface area contributed by atoms with Gasteiger partial charge in [0.1, 0.15) is 0 Å². The first-order chi connectivity index (χ1) is 71.2. The van der Waals surface area contributed by atoms with E-state index in [0.29, 0.717) is 11.8 Å². The van der Waals surface area contributed by atoms with E-state index in [1.165, 1.54) is 89.0 Å². The van der Waals surface area contributed by atoms with E-state index in [1.807, 2.05) is 6.08 Å². The summed E-state index contributed by atoms with van der Waals surface area (Å²) in [4.78, 5) is 0. The van der Waals surface area contributed by atoms with Gasteiger partial charge in [-0.05, 0) is 301 Å². The second-order valence-corrected chi connectivity index (χ2v) is 43.6. The molecule has 0 aliphatic carbocycles. The molecular formula is C138H133Cl7. The van der Waals surface area contributed by atoms with Gasteiger partial charge < -0.3 is 0 Å².